The molecule has 220 valence electrons. The van der Waals surface area contributed by atoms with Gasteiger partial charge in [-0.15, -0.1) is 0 Å². The Hall–Kier alpha value is -4.09. The van der Waals surface area contributed by atoms with Crippen molar-refractivity contribution in [2.24, 2.45) is 17.0 Å². The van der Waals surface area contributed by atoms with Gasteiger partial charge in [-0.3, -0.25) is 14.8 Å². The predicted molar refractivity (Wildman–Crippen MR) is 156 cm³/mol. The molecule has 0 aliphatic carbocycles. The molecule has 2 aromatic carbocycles. The minimum absolute atomic E-state index is 0.0434. The number of carbonyl (C=O) groups is 1. The number of methoxy groups -OCH3 is 1. The lowest BCUT2D eigenvalue weighted by atomic mass is 9.96. The number of aryl methyl sites for hydroxylation is 1. The highest BCUT2D eigenvalue weighted by molar-refractivity contribution is 6.05. The largest absolute Gasteiger partial charge is 0.495 e. The molecular formula is C30H37F3N6O2. The zero-order chi connectivity index (χ0) is 30.5. The average molecular weight is 571 g/mol. The Morgan fingerprint density at radius 2 is 1.78 bits per heavy atom. The third kappa shape index (κ3) is 8.45. The maximum absolute atomic E-state index is 13.9. The van der Waals surface area contributed by atoms with Gasteiger partial charge in [-0.1, -0.05) is 26.8 Å². The van der Waals surface area contributed by atoms with Crippen LogP contribution >= 0.6 is 0 Å². The van der Waals surface area contributed by atoms with Gasteiger partial charge in [0.15, 0.2) is 0 Å². The summed E-state index contributed by atoms with van der Waals surface area (Å²) in [7, 11) is 1.52. The third-order valence-electron chi connectivity index (χ3n) is 6.36. The molecule has 41 heavy (non-hydrogen) atoms. The van der Waals surface area contributed by atoms with E-state index in [1.54, 1.807) is 49.6 Å². The van der Waals surface area contributed by atoms with E-state index in [9.17, 15) is 18.0 Å². The van der Waals surface area contributed by atoms with Gasteiger partial charge in [0.1, 0.15) is 5.75 Å². The Bertz CT molecular complexity index is 1430. The summed E-state index contributed by atoms with van der Waals surface area (Å²) in [6.45, 7) is 10.2. The number of nitrogens with zero attached hydrogens (tertiary/aromatic N) is 2. The first-order valence-corrected chi connectivity index (χ1v) is 12.9. The van der Waals surface area contributed by atoms with Crippen molar-refractivity contribution < 1.29 is 22.7 Å². The molecule has 0 fully saturated rings. The van der Waals surface area contributed by atoms with Crippen molar-refractivity contribution in [1.82, 2.24) is 10.3 Å². The molecule has 0 saturated heterocycles. The van der Waals surface area contributed by atoms with Crippen molar-refractivity contribution in [2.45, 2.75) is 47.3 Å². The van der Waals surface area contributed by atoms with Crippen LogP contribution in [0.2, 0.25) is 0 Å². The van der Waals surface area contributed by atoms with Crippen molar-refractivity contribution in [3.63, 3.8) is 0 Å². The van der Waals surface area contributed by atoms with Crippen LogP contribution in [0.3, 0.4) is 0 Å². The number of hydrogen-bond acceptors (Lipinski definition) is 7. The minimum atomic E-state index is -4.58. The molecule has 0 saturated carbocycles. The number of aromatic nitrogens is 1. The van der Waals surface area contributed by atoms with Crippen LogP contribution in [-0.2, 0) is 12.7 Å². The van der Waals surface area contributed by atoms with Gasteiger partial charge in [-0.05, 0) is 66.3 Å². The molecule has 3 aromatic rings. The van der Waals surface area contributed by atoms with E-state index < -0.39 is 17.6 Å². The molecule has 1 aromatic heterocycles. The number of benzene rings is 2. The van der Waals surface area contributed by atoms with Crippen LogP contribution in [0.1, 0.15) is 58.9 Å². The van der Waals surface area contributed by atoms with E-state index in [4.69, 9.17) is 16.3 Å². The summed E-state index contributed by atoms with van der Waals surface area (Å²) in [4.78, 5) is 17.3. The number of hydrogen-bond donors (Lipinski definition) is 4. The van der Waals surface area contributed by atoms with Gasteiger partial charge in [0.2, 0.25) is 0 Å². The van der Waals surface area contributed by atoms with Crippen LogP contribution in [0.25, 0.3) is 5.70 Å². The molecule has 6 N–H and O–H groups in total. The summed E-state index contributed by atoms with van der Waals surface area (Å²) in [5, 5.41) is 7.10. The lowest BCUT2D eigenvalue weighted by Gasteiger charge is -2.21. The number of halogens is 3. The van der Waals surface area contributed by atoms with Crippen LogP contribution in [-0.4, -0.2) is 24.5 Å². The van der Waals surface area contributed by atoms with Gasteiger partial charge in [-0.2, -0.15) is 13.2 Å². The van der Waals surface area contributed by atoms with E-state index in [1.807, 2.05) is 20.8 Å². The number of nitrogens with two attached hydrogens (primary N) is 2. The van der Waals surface area contributed by atoms with Crippen molar-refractivity contribution in [3.8, 4) is 5.75 Å². The molecule has 0 bridgehead atoms. The number of nitrogens with one attached hydrogen (secondary N) is 2. The number of carbonyl (C=O) groups excluding carboxylic acids is 1. The second kappa shape index (κ2) is 12.6. The molecule has 0 aliphatic rings. The standard InChI is InChI=1S/C30H37F3N6O2/c1-18-7-8-20(11-27(18)39(35)16-26(34)22-10-24(41-6)15-36-14-22)28(40)38-23-9-21(13-37-17-29(3,4)5)19(2)25(12-23)30(31,32)33/h7-12,14-16,37H,13,17,34-35H2,1-6H3,(H,38,40)/b26-16-. The monoisotopic (exact) mass is 570 g/mol. The fourth-order valence-electron chi connectivity index (χ4n) is 4.11. The number of pyridine rings is 1. The highest BCUT2D eigenvalue weighted by Crippen LogP contribution is 2.35. The summed E-state index contributed by atoms with van der Waals surface area (Å²) >= 11 is 0. The second-order valence-electron chi connectivity index (χ2n) is 11.0. The highest BCUT2D eigenvalue weighted by Gasteiger charge is 2.34. The van der Waals surface area contributed by atoms with Crippen molar-refractivity contribution in [1.29, 1.82) is 0 Å². The molecule has 0 unspecified atom stereocenters. The maximum atomic E-state index is 13.9. The van der Waals surface area contributed by atoms with E-state index in [-0.39, 0.29) is 28.8 Å². The quantitative estimate of drug-likeness (QED) is 0.191. The number of hydrazine groups is 1. The molecule has 1 amide bonds. The van der Waals surface area contributed by atoms with Crippen molar-refractivity contribution in [3.05, 3.63) is 88.4 Å². The van der Waals surface area contributed by atoms with Gasteiger partial charge in [0.25, 0.3) is 5.91 Å². The molecule has 3 rings (SSSR count). The Morgan fingerprint density at radius 3 is 2.41 bits per heavy atom. The van der Waals surface area contributed by atoms with E-state index in [1.165, 1.54) is 25.2 Å². The number of amides is 1. The summed E-state index contributed by atoms with van der Waals surface area (Å²) < 4.78 is 46.7. The minimum Gasteiger partial charge on any atom is -0.495 e. The molecule has 1 heterocycles. The maximum Gasteiger partial charge on any atom is 0.416 e. The van der Waals surface area contributed by atoms with E-state index in [0.717, 1.165) is 11.6 Å². The fourth-order valence-corrected chi connectivity index (χ4v) is 4.11. The SMILES string of the molecule is COc1cncc(/C(N)=C/N(N)c2cc(C(=O)Nc3cc(CNCC(C)(C)C)c(C)c(C(F)(F)F)c3)ccc2C)c1. The van der Waals surface area contributed by atoms with Crippen LogP contribution in [0, 0.1) is 19.3 Å². The predicted octanol–water partition coefficient (Wildman–Crippen LogP) is 5.75. The van der Waals surface area contributed by atoms with Crippen LogP contribution < -0.4 is 32.0 Å². The second-order valence-corrected chi connectivity index (χ2v) is 11.0. The van der Waals surface area contributed by atoms with E-state index in [0.29, 0.717) is 34.8 Å². The molecule has 8 nitrogen and oxygen atoms in total. The molecular weight excluding hydrogens is 533 g/mol. The van der Waals surface area contributed by atoms with Crippen LogP contribution in [0.4, 0.5) is 24.5 Å². The van der Waals surface area contributed by atoms with Gasteiger partial charge < -0.3 is 21.1 Å². The zero-order valence-electron chi connectivity index (χ0n) is 24.1. The normalized spacial score (nSPS) is 12.3. The van der Waals surface area contributed by atoms with Gasteiger partial charge in [0, 0.05) is 42.3 Å². The lowest BCUT2D eigenvalue weighted by molar-refractivity contribution is -0.138. The third-order valence-corrected chi connectivity index (χ3v) is 6.36. The first kappa shape index (κ1) is 31.4. The average Bonchev–Trinajstić information content (AvgIpc) is 2.89. The Kier molecular flexibility index (Phi) is 9.67. The highest BCUT2D eigenvalue weighted by atomic mass is 19.4. The summed E-state index contributed by atoms with van der Waals surface area (Å²) in [5.41, 5.74) is 8.29. The first-order chi connectivity index (χ1) is 19.1. The molecule has 0 spiro atoms. The number of alkyl halides is 3. The van der Waals surface area contributed by atoms with Crippen molar-refractivity contribution in [2.75, 3.05) is 24.0 Å². The number of ether oxygens (including phenoxy) is 1. The topological polar surface area (TPSA) is 119 Å². The molecule has 0 radical (unpaired) electrons. The van der Waals surface area contributed by atoms with Gasteiger partial charge in [-0.25, -0.2) is 5.84 Å². The van der Waals surface area contributed by atoms with E-state index in [2.05, 4.69) is 15.6 Å². The van der Waals surface area contributed by atoms with Gasteiger partial charge >= 0.3 is 6.18 Å². The number of anilines is 2. The Morgan fingerprint density at radius 1 is 1.07 bits per heavy atom. The van der Waals surface area contributed by atoms with Crippen LogP contribution in [0.5, 0.6) is 5.75 Å². The van der Waals surface area contributed by atoms with Gasteiger partial charge in [0.05, 0.1) is 30.3 Å². The molecule has 0 atom stereocenters. The molecule has 0 aliphatic heterocycles. The lowest BCUT2D eigenvalue weighted by Crippen LogP contribution is -2.27. The summed E-state index contributed by atoms with van der Waals surface area (Å²) in [5.74, 6) is 6.21. The fraction of sp³-hybridized carbons (Fsp3) is 0.333. The smallest absolute Gasteiger partial charge is 0.416 e. The summed E-state index contributed by atoms with van der Waals surface area (Å²) in [6, 6.07) is 9.03. The molecule has 11 heteroatoms. The zero-order valence-corrected chi connectivity index (χ0v) is 24.1. The van der Waals surface area contributed by atoms with E-state index >= 15 is 0 Å². The van der Waals surface area contributed by atoms with Crippen LogP contribution in [0.15, 0.2) is 55.0 Å². The number of rotatable bonds is 9. The summed E-state index contributed by atoms with van der Waals surface area (Å²) in [6.07, 6.45) is 0.00105. The Balaban J connectivity index is 1.88. The van der Waals surface area contributed by atoms with Crippen molar-refractivity contribution >= 4 is 23.0 Å². The first-order valence-electron chi connectivity index (χ1n) is 12.9. The Labute approximate surface area is 238 Å².